The second-order valence-electron chi connectivity index (χ2n) is 9.49. The van der Waals surface area contributed by atoms with Gasteiger partial charge in [-0.15, -0.1) is 11.3 Å². The summed E-state index contributed by atoms with van der Waals surface area (Å²) >= 11 is 6.41. The molecular formula is C26H25FN4O6S2. The molecule has 2 N–H and O–H groups in total. The van der Waals surface area contributed by atoms with Crippen molar-refractivity contribution in [3.63, 3.8) is 0 Å². The van der Waals surface area contributed by atoms with Gasteiger partial charge in [0, 0.05) is 45.6 Å². The van der Waals surface area contributed by atoms with E-state index in [9.17, 15) is 18.8 Å². The first kappa shape index (κ1) is 26.9. The molecule has 10 nitrogen and oxygen atoms in total. The van der Waals surface area contributed by atoms with Crippen molar-refractivity contribution in [2.75, 3.05) is 18.4 Å². The van der Waals surface area contributed by atoms with Gasteiger partial charge in [-0.05, 0) is 31.0 Å². The summed E-state index contributed by atoms with van der Waals surface area (Å²) in [4.78, 5) is 44.1. The predicted octanol–water partition coefficient (Wildman–Crippen LogP) is 4.98. The normalized spacial score (nSPS) is 18.2. The summed E-state index contributed by atoms with van der Waals surface area (Å²) < 4.78 is 32.0. The van der Waals surface area contributed by atoms with Crippen LogP contribution in [-0.4, -0.2) is 57.8 Å². The van der Waals surface area contributed by atoms with Gasteiger partial charge in [0.05, 0.1) is 25.8 Å². The molecule has 2 saturated heterocycles. The Morgan fingerprint density at radius 1 is 1.28 bits per heavy atom. The highest BCUT2D eigenvalue weighted by molar-refractivity contribution is 7.80. The Morgan fingerprint density at radius 3 is 2.77 bits per heavy atom. The molecule has 2 aromatic heterocycles. The number of thiophene rings is 1. The van der Waals surface area contributed by atoms with Crippen LogP contribution in [0.25, 0.3) is 10.2 Å². The molecule has 0 unspecified atom stereocenters. The minimum absolute atomic E-state index is 0.0376. The minimum Gasteiger partial charge on any atom is -0.450 e. The minimum atomic E-state index is -1.07. The number of fused-ring (bicyclic) bond motifs is 1. The van der Waals surface area contributed by atoms with Crippen LogP contribution in [0.5, 0.6) is 11.5 Å². The van der Waals surface area contributed by atoms with E-state index < -0.39 is 29.7 Å². The molecular weight excluding hydrogens is 547 g/mol. The number of hydrogen-bond acceptors (Lipinski definition) is 9. The predicted molar refractivity (Wildman–Crippen MR) is 146 cm³/mol. The molecule has 0 radical (unpaired) electrons. The van der Waals surface area contributed by atoms with E-state index in [1.807, 2.05) is 0 Å². The van der Waals surface area contributed by atoms with Crippen molar-refractivity contribution in [3.05, 3.63) is 47.2 Å². The van der Waals surface area contributed by atoms with E-state index in [4.69, 9.17) is 26.4 Å². The van der Waals surface area contributed by atoms with Gasteiger partial charge in [0.2, 0.25) is 5.79 Å². The van der Waals surface area contributed by atoms with Crippen molar-refractivity contribution in [1.29, 1.82) is 0 Å². The van der Waals surface area contributed by atoms with Crippen LogP contribution in [0.1, 0.15) is 42.8 Å². The second-order valence-corrected chi connectivity index (χ2v) is 11.0. The molecule has 204 valence electrons. The number of rotatable bonds is 6. The lowest BCUT2D eigenvalue weighted by atomic mass is 10.2. The van der Waals surface area contributed by atoms with Crippen molar-refractivity contribution in [3.8, 4) is 11.5 Å². The Kier molecular flexibility index (Phi) is 7.47. The molecule has 2 fully saturated rings. The van der Waals surface area contributed by atoms with Gasteiger partial charge in [-0.3, -0.25) is 9.78 Å². The fraction of sp³-hybridized carbons (Fsp3) is 0.346. The lowest BCUT2D eigenvalue weighted by Crippen LogP contribution is -2.36. The number of carbonyl (C=O) groups excluding carboxylic acids is 3. The third kappa shape index (κ3) is 6.00. The molecule has 3 aromatic rings. The number of urea groups is 1. The molecule has 1 aromatic carbocycles. The number of benzene rings is 1. The quantitative estimate of drug-likeness (QED) is 0.314. The van der Waals surface area contributed by atoms with Crippen LogP contribution in [0, 0.1) is 5.82 Å². The summed E-state index contributed by atoms with van der Waals surface area (Å²) in [6.45, 7) is 4.63. The number of nitrogens with one attached hydrogen (secondary N) is 2. The molecule has 39 heavy (non-hydrogen) atoms. The summed E-state index contributed by atoms with van der Waals surface area (Å²) in [6.07, 6.45) is 2.45. The number of esters is 1. The van der Waals surface area contributed by atoms with Crippen molar-refractivity contribution in [2.45, 2.75) is 45.0 Å². The first-order valence-electron chi connectivity index (χ1n) is 12.3. The van der Waals surface area contributed by atoms with Gasteiger partial charge in [0.1, 0.15) is 5.75 Å². The van der Waals surface area contributed by atoms with Crippen LogP contribution in [0.15, 0.2) is 36.5 Å². The van der Waals surface area contributed by atoms with Gasteiger partial charge in [0.15, 0.2) is 17.7 Å². The average Bonchev–Trinajstić information content (AvgIpc) is 3.60. The van der Waals surface area contributed by atoms with Gasteiger partial charge in [-0.1, -0.05) is 18.3 Å². The van der Waals surface area contributed by atoms with E-state index in [0.717, 1.165) is 25.9 Å². The van der Waals surface area contributed by atoms with Crippen molar-refractivity contribution in [2.24, 2.45) is 0 Å². The molecule has 2 aliphatic heterocycles. The average molecular weight is 573 g/mol. The maximum atomic E-state index is 14.9. The van der Waals surface area contributed by atoms with Gasteiger partial charge >= 0.3 is 12.0 Å². The number of thiocarbonyl (C=S) groups is 1. The van der Waals surface area contributed by atoms with E-state index in [1.54, 1.807) is 30.9 Å². The Balaban J connectivity index is 1.30. The zero-order chi connectivity index (χ0) is 27.7. The molecule has 5 rings (SSSR count). The van der Waals surface area contributed by atoms with Crippen LogP contribution in [0.4, 0.5) is 14.9 Å². The first-order valence-corrected chi connectivity index (χ1v) is 13.5. The number of pyridine rings is 1. The third-order valence-corrected chi connectivity index (χ3v) is 7.46. The molecule has 4 heterocycles. The molecule has 13 heteroatoms. The smallest absolute Gasteiger partial charge is 0.338 e. The third-order valence-electron chi connectivity index (χ3n) is 6.07. The molecule has 1 atom stereocenters. The maximum absolute atomic E-state index is 14.9. The van der Waals surface area contributed by atoms with E-state index >= 15 is 0 Å². The number of nitrogens with zero attached hydrogens (tertiary/aromatic N) is 2. The molecule has 0 aliphatic carbocycles. The highest BCUT2D eigenvalue weighted by atomic mass is 32.1. The number of halogens is 1. The van der Waals surface area contributed by atoms with Crippen molar-refractivity contribution in [1.82, 2.24) is 15.2 Å². The van der Waals surface area contributed by atoms with Crippen molar-refractivity contribution >= 4 is 62.4 Å². The second kappa shape index (κ2) is 10.8. The summed E-state index contributed by atoms with van der Waals surface area (Å²) in [5.41, 5.74) is 0.590. The van der Waals surface area contributed by atoms with Crippen LogP contribution >= 0.6 is 23.6 Å². The van der Waals surface area contributed by atoms with E-state index in [1.165, 1.54) is 35.7 Å². The fourth-order valence-electron chi connectivity index (χ4n) is 4.34. The highest BCUT2D eigenvalue weighted by Crippen LogP contribution is 2.39. The molecule has 0 bridgehead atoms. The summed E-state index contributed by atoms with van der Waals surface area (Å²) in [5, 5.41) is 4.98. The molecule has 0 saturated carbocycles. The number of cyclic esters (lactones) is 1. The zero-order valence-corrected chi connectivity index (χ0v) is 22.7. The topological polar surface area (TPSA) is 119 Å². The summed E-state index contributed by atoms with van der Waals surface area (Å²) in [7, 11) is 0. The van der Waals surface area contributed by atoms with Crippen LogP contribution in [-0.2, 0) is 14.3 Å². The van der Waals surface area contributed by atoms with Crippen LogP contribution < -0.4 is 15.4 Å². The monoisotopic (exact) mass is 572 g/mol. The van der Waals surface area contributed by atoms with Gasteiger partial charge in [-0.25, -0.2) is 14.0 Å². The number of aromatic nitrogens is 1. The van der Waals surface area contributed by atoms with E-state index in [0.29, 0.717) is 15.1 Å². The number of anilines is 1. The fourth-order valence-corrected chi connectivity index (χ4v) is 5.62. The van der Waals surface area contributed by atoms with Crippen LogP contribution in [0.2, 0.25) is 0 Å². The van der Waals surface area contributed by atoms with E-state index in [2.05, 4.69) is 15.6 Å². The largest absolute Gasteiger partial charge is 0.450 e. The number of amides is 3. The van der Waals surface area contributed by atoms with Gasteiger partial charge in [-0.2, -0.15) is 0 Å². The summed E-state index contributed by atoms with van der Waals surface area (Å²) in [5.74, 6) is -2.37. The Morgan fingerprint density at radius 2 is 2.05 bits per heavy atom. The molecule has 0 spiro atoms. The molecule has 2 aliphatic rings. The van der Waals surface area contributed by atoms with Gasteiger partial charge < -0.3 is 29.7 Å². The SMILES string of the molecule is CC1(C)OC(=O)[C@@H](CC(=S)NC(=O)Nc2cccc(F)c2Oc2ccnc3cc(C(=O)N4CCCC4)sc23)O1. The Hall–Kier alpha value is -3.68. The Labute approximate surface area is 232 Å². The van der Waals surface area contributed by atoms with Crippen molar-refractivity contribution < 1.29 is 33.0 Å². The maximum Gasteiger partial charge on any atom is 0.338 e. The van der Waals surface area contributed by atoms with Gasteiger partial charge in [0.25, 0.3) is 5.91 Å². The van der Waals surface area contributed by atoms with E-state index in [-0.39, 0.29) is 34.5 Å². The zero-order valence-electron chi connectivity index (χ0n) is 21.1. The lowest BCUT2D eigenvalue weighted by Gasteiger charge is -2.16. The number of para-hydroxylation sites is 1. The number of ether oxygens (including phenoxy) is 3. The first-order chi connectivity index (χ1) is 18.6. The number of hydrogen-bond donors (Lipinski definition) is 2. The lowest BCUT2D eigenvalue weighted by molar-refractivity contribution is -0.160. The number of carbonyl (C=O) groups is 3. The number of likely N-dealkylation sites (tertiary alicyclic amines) is 1. The standard InChI is InChI=1S/C26H25FN4O6S2/c1-26(2)36-18(24(33)37-26)13-20(38)30-25(34)29-15-7-5-6-14(27)21(15)35-17-8-9-28-16-12-19(39-22(16)17)23(32)31-10-3-4-11-31/h5-9,12,18H,3-4,10-11,13H2,1-2H3,(H2,29,30,34,38)/t18-/m1/s1. The highest BCUT2D eigenvalue weighted by Gasteiger charge is 2.41. The summed E-state index contributed by atoms with van der Waals surface area (Å²) in [6, 6.07) is 6.60. The Bertz CT molecular complexity index is 1470. The molecule has 3 amide bonds. The van der Waals surface area contributed by atoms with Crippen LogP contribution in [0.3, 0.4) is 0 Å².